The van der Waals surface area contributed by atoms with E-state index in [0.29, 0.717) is 0 Å². The van der Waals surface area contributed by atoms with Crippen LogP contribution in [0.3, 0.4) is 0 Å². The second-order valence-electron chi connectivity index (χ2n) is 3.67. The minimum atomic E-state index is -0.470. The van der Waals surface area contributed by atoms with Gasteiger partial charge in [-0.05, 0) is 11.5 Å². The summed E-state index contributed by atoms with van der Waals surface area (Å²) >= 11 is 0. The molecule has 0 aliphatic rings. The van der Waals surface area contributed by atoms with E-state index in [1.807, 2.05) is 44.2 Å². The molecular formula is C11H17NO. The van der Waals surface area contributed by atoms with Gasteiger partial charge in [0, 0.05) is 0 Å². The molecule has 2 nitrogen and oxygen atoms in total. The van der Waals surface area contributed by atoms with Crippen molar-refractivity contribution in [2.75, 3.05) is 0 Å². The molecule has 0 aliphatic carbocycles. The second kappa shape index (κ2) is 4.40. The van der Waals surface area contributed by atoms with E-state index in [2.05, 4.69) is 0 Å². The lowest BCUT2D eigenvalue weighted by Crippen LogP contribution is -2.30. The number of aliphatic hydroxyl groups excluding tert-OH is 1. The lowest BCUT2D eigenvalue weighted by Gasteiger charge is -2.22. The zero-order valence-electron chi connectivity index (χ0n) is 8.14. The quantitative estimate of drug-likeness (QED) is 0.742. The number of rotatable bonds is 3. The molecule has 0 spiro atoms. The Morgan fingerprint density at radius 2 is 1.69 bits per heavy atom. The molecule has 0 heterocycles. The van der Waals surface area contributed by atoms with Crippen LogP contribution in [0.4, 0.5) is 0 Å². The highest BCUT2D eigenvalue weighted by Crippen LogP contribution is 2.18. The maximum Gasteiger partial charge on any atom is 0.0755 e. The number of hydrogen-bond acceptors (Lipinski definition) is 2. The van der Waals surface area contributed by atoms with E-state index < -0.39 is 6.10 Å². The monoisotopic (exact) mass is 179 g/mol. The van der Waals surface area contributed by atoms with Crippen molar-refractivity contribution in [2.24, 2.45) is 11.7 Å². The van der Waals surface area contributed by atoms with Gasteiger partial charge in [0.05, 0.1) is 12.1 Å². The van der Waals surface area contributed by atoms with E-state index in [9.17, 15) is 5.11 Å². The third kappa shape index (κ3) is 2.54. The standard InChI is InChI=1S/C11H17NO/c1-8(2)11(13)10(12)9-6-4-3-5-7-9/h3-8,10-11,13H,12H2,1-2H3/t10-,11+/m1/s1. The highest BCUT2D eigenvalue weighted by atomic mass is 16.3. The van der Waals surface area contributed by atoms with Crippen LogP contribution >= 0.6 is 0 Å². The van der Waals surface area contributed by atoms with Crippen molar-refractivity contribution < 1.29 is 5.11 Å². The van der Waals surface area contributed by atoms with Crippen molar-refractivity contribution in [1.29, 1.82) is 0 Å². The molecule has 0 radical (unpaired) electrons. The van der Waals surface area contributed by atoms with Gasteiger partial charge in [0.1, 0.15) is 0 Å². The first-order valence-corrected chi connectivity index (χ1v) is 4.61. The predicted octanol–water partition coefficient (Wildman–Crippen LogP) is 1.70. The molecule has 0 amide bonds. The van der Waals surface area contributed by atoms with Crippen LogP contribution in [0, 0.1) is 5.92 Å². The third-order valence-electron chi connectivity index (χ3n) is 2.24. The van der Waals surface area contributed by atoms with Crippen LogP contribution in [0.1, 0.15) is 25.5 Å². The van der Waals surface area contributed by atoms with Gasteiger partial charge in [-0.3, -0.25) is 0 Å². The first-order chi connectivity index (χ1) is 6.13. The Bertz CT molecular complexity index is 246. The number of benzene rings is 1. The lowest BCUT2D eigenvalue weighted by atomic mass is 9.95. The van der Waals surface area contributed by atoms with Crippen LogP contribution in [0.25, 0.3) is 0 Å². The fourth-order valence-electron chi connectivity index (χ4n) is 1.29. The molecule has 1 aromatic carbocycles. The molecule has 0 aliphatic heterocycles. The molecule has 2 heteroatoms. The summed E-state index contributed by atoms with van der Waals surface area (Å²) in [5.41, 5.74) is 6.88. The van der Waals surface area contributed by atoms with Gasteiger partial charge in [-0.25, -0.2) is 0 Å². The fourth-order valence-corrected chi connectivity index (χ4v) is 1.29. The number of nitrogens with two attached hydrogens (primary N) is 1. The Morgan fingerprint density at radius 1 is 1.15 bits per heavy atom. The van der Waals surface area contributed by atoms with E-state index in [-0.39, 0.29) is 12.0 Å². The molecule has 0 unspecified atom stereocenters. The molecule has 0 bridgehead atoms. The van der Waals surface area contributed by atoms with Gasteiger partial charge in [-0.15, -0.1) is 0 Å². The molecule has 13 heavy (non-hydrogen) atoms. The van der Waals surface area contributed by atoms with Crippen molar-refractivity contribution in [1.82, 2.24) is 0 Å². The summed E-state index contributed by atoms with van der Waals surface area (Å²) in [6.07, 6.45) is -0.470. The highest BCUT2D eigenvalue weighted by Gasteiger charge is 2.19. The zero-order valence-corrected chi connectivity index (χ0v) is 8.14. The van der Waals surface area contributed by atoms with Crippen LogP contribution in [0.2, 0.25) is 0 Å². The Labute approximate surface area is 79.4 Å². The van der Waals surface area contributed by atoms with Gasteiger partial charge < -0.3 is 10.8 Å². The Morgan fingerprint density at radius 3 is 2.15 bits per heavy atom. The van der Waals surface area contributed by atoms with E-state index in [4.69, 9.17) is 5.73 Å². The third-order valence-corrected chi connectivity index (χ3v) is 2.24. The summed E-state index contributed by atoms with van der Waals surface area (Å²) in [6.45, 7) is 3.93. The first kappa shape index (κ1) is 10.2. The molecule has 0 aromatic heterocycles. The molecule has 2 atom stereocenters. The highest BCUT2D eigenvalue weighted by molar-refractivity contribution is 5.19. The SMILES string of the molecule is CC(C)[C@H](O)[C@H](N)c1ccccc1. The zero-order chi connectivity index (χ0) is 9.84. The van der Waals surface area contributed by atoms with Crippen LogP contribution in [-0.2, 0) is 0 Å². The van der Waals surface area contributed by atoms with Crippen LogP contribution in [0.5, 0.6) is 0 Å². The van der Waals surface area contributed by atoms with E-state index in [1.54, 1.807) is 0 Å². The molecular weight excluding hydrogens is 162 g/mol. The van der Waals surface area contributed by atoms with Crippen molar-refractivity contribution in [3.05, 3.63) is 35.9 Å². The minimum absolute atomic E-state index is 0.190. The van der Waals surface area contributed by atoms with Gasteiger partial charge in [0.15, 0.2) is 0 Å². The fraction of sp³-hybridized carbons (Fsp3) is 0.455. The molecule has 0 saturated carbocycles. The smallest absolute Gasteiger partial charge is 0.0755 e. The Kier molecular flexibility index (Phi) is 3.46. The van der Waals surface area contributed by atoms with Crippen molar-refractivity contribution in [3.63, 3.8) is 0 Å². The molecule has 3 N–H and O–H groups in total. The lowest BCUT2D eigenvalue weighted by molar-refractivity contribution is 0.0979. The summed E-state index contributed by atoms with van der Waals surface area (Å²) in [4.78, 5) is 0. The Balaban J connectivity index is 2.73. The van der Waals surface area contributed by atoms with Crippen molar-refractivity contribution in [3.8, 4) is 0 Å². The van der Waals surface area contributed by atoms with Crippen LogP contribution < -0.4 is 5.73 Å². The second-order valence-corrected chi connectivity index (χ2v) is 3.67. The number of aliphatic hydroxyl groups is 1. The van der Waals surface area contributed by atoms with E-state index >= 15 is 0 Å². The largest absolute Gasteiger partial charge is 0.391 e. The maximum absolute atomic E-state index is 9.72. The summed E-state index contributed by atoms with van der Waals surface area (Å²) in [5.74, 6) is 0.190. The molecule has 1 aromatic rings. The average Bonchev–Trinajstić information content (AvgIpc) is 2.17. The summed E-state index contributed by atoms with van der Waals surface area (Å²) in [7, 11) is 0. The van der Waals surface area contributed by atoms with Gasteiger partial charge in [0.25, 0.3) is 0 Å². The van der Waals surface area contributed by atoms with Crippen LogP contribution in [0.15, 0.2) is 30.3 Å². The Hall–Kier alpha value is -0.860. The van der Waals surface area contributed by atoms with Crippen LogP contribution in [-0.4, -0.2) is 11.2 Å². The minimum Gasteiger partial charge on any atom is -0.391 e. The van der Waals surface area contributed by atoms with Gasteiger partial charge >= 0.3 is 0 Å². The molecule has 72 valence electrons. The maximum atomic E-state index is 9.72. The van der Waals surface area contributed by atoms with Crippen molar-refractivity contribution in [2.45, 2.75) is 26.0 Å². The van der Waals surface area contributed by atoms with Gasteiger partial charge in [-0.2, -0.15) is 0 Å². The average molecular weight is 179 g/mol. The molecule has 0 saturated heterocycles. The van der Waals surface area contributed by atoms with E-state index in [1.165, 1.54) is 0 Å². The normalized spacial score (nSPS) is 15.8. The summed E-state index contributed by atoms with van der Waals surface area (Å²) in [5, 5.41) is 9.72. The van der Waals surface area contributed by atoms with Gasteiger partial charge in [-0.1, -0.05) is 44.2 Å². The summed E-state index contributed by atoms with van der Waals surface area (Å²) < 4.78 is 0. The summed E-state index contributed by atoms with van der Waals surface area (Å²) in [6, 6.07) is 9.41. The topological polar surface area (TPSA) is 46.2 Å². The van der Waals surface area contributed by atoms with Crippen molar-refractivity contribution >= 4 is 0 Å². The first-order valence-electron chi connectivity index (χ1n) is 4.61. The molecule has 0 fully saturated rings. The predicted molar refractivity (Wildman–Crippen MR) is 54.2 cm³/mol. The van der Waals surface area contributed by atoms with Gasteiger partial charge in [0.2, 0.25) is 0 Å². The number of hydrogen-bond donors (Lipinski definition) is 2. The van der Waals surface area contributed by atoms with E-state index in [0.717, 1.165) is 5.56 Å². The molecule has 1 rings (SSSR count).